The van der Waals surface area contributed by atoms with Crippen LogP contribution in [-0.4, -0.2) is 38.9 Å². The number of ether oxygens (including phenoxy) is 1. The summed E-state index contributed by atoms with van der Waals surface area (Å²) in [5.41, 5.74) is 7.49. The summed E-state index contributed by atoms with van der Waals surface area (Å²) in [7, 11) is 1.99. The van der Waals surface area contributed by atoms with E-state index in [1.54, 1.807) is 11.8 Å². The number of anilines is 1. The van der Waals surface area contributed by atoms with Gasteiger partial charge in [-0.15, -0.1) is 11.8 Å². The van der Waals surface area contributed by atoms with Gasteiger partial charge >= 0.3 is 0 Å². The van der Waals surface area contributed by atoms with Gasteiger partial charge in [-0.2, -0.15) is 0 Å². The first-order valence-electron chi connectivity index (χ1n) is 5.92. The number of amidine groups is 1. The zero-order valence-corrected chi connectivity index (χ0v) is 12.0. The Morgan fingerprint density at radius 1 is 1.50 bits per heavy atom. The van der Waals surface area contributed by atoms with Crippen LogP contribution in [-0.2, 0) is 4.74 Å². The topological polar surface area (TPSA) is 62.3 Å². The number of rotatable bonds is 7. The molecule has 0 fully saturated rings. The maximum atomic E-state index is 7.73. The molecule has 18 heavy (non-hydrogen) atoms. The molecule has 0 bridgehead atoms. The number of nitrogens with zero attached hydrogens (tertiary/aromatic N) is 1. The minimum absolute atomic E-state index is 0.109. The number of benzene rings is 1. The predicted octanol–water partition coefficient (Wildman–Crippen LogP) is 2.17. The Morgan fingerprint density at radius 2 is 2.22 bits per heavy atom. The quantitative estimate of drug-likeness (QED) is 0.344. The lowest BCUT2D eigenvalue weighted by atomic mass is 10.1. The molecule has 0 aromatic heterocycles. The first-order valence-corrected chi connectivity index (χ1v) is 7.14. The molecule has 0 saturated carbocycles. The highest BCUT2D eigenvalue weighted by atomic mass is 32.2. The Kier molecular flexibility index (Phi) is 6.01. The van der Waals surface area contributed by atoms with Crippen LogP contribution in [0.25, 0.3) is 0 Å². The van der Waals surface area contributed by atoms with Gasteiger partial charge < -0.3 is 15.4 Å². The lowest BCUT2D eigenvalue weighted by molar-refractivity contribution is 0.154. The summed E-state index contributed by atoms with van der Waals surface area (Å²) in [4.78, 5) is 3.11. The maximum absolute atomic E-state index is 7.73. The van der Waals surface area contributed by atoms with Gasteiger partial charge in [0.25, 0.3) is 0 Å². The van der Waals surface area contributed by atoms with Crippen LogP contribution in [0.1, 0.15) is 12.5 Å². The highest BCUT2D eigenvalue weighted by Gasteiger charge is 2.13. The molecule has 0 amide bonds. The van der Waals surface area contributed by atoms with E-state index in [0.717, 1.165) is 29.3 Å². The molecular formula is C13H21N3OS. The van der Waals surface area contributed by atoms with Crippen LogP contribution >= 0.6 is 11.8 Å². The van der Waals surface area contributed by atoms with E-state index in [9.17, 15) is 0 Å². The largest absolute Gasteiger partial charge is 0.384 e. The minimum atomic E-state index is 0.109. The SMILES string of the molecule is CCOCCN(C)c1cccc(SC)c1C(=N)N. The van der Waals surface area contributed by atoms with Crippen molar-refractivity contribution in [1.82, 2.24) is 0 Å². The zero-order valence-electron chi connectivity index (χ0n) is 11.2. The fraction of sp³-hybridized carbons (Fsp3) is 0.462. The second-order valence-corrected chi connectivity index (χ2v) is 4.73. The smallest absolute Gasteiger partial charge is 0.126 e. The molecule has 0 aliphatic rings. The highest BCUT2D eigenvalue weighted by molar-refractivity contribution is 7.98. The average Bonchev–Trinajstić information content (AvgIpc) is 2.37. The molecule has 3 N–H and O–H groups in total. The van der Waals surface area contributed by atoms with Crippen LogP contribution < -0.4 is 10.6 Å². The number of thioether (sulfide) groups is 1. The molecule has 1 rings (SSSR count). The van der Waals surface area contributed by atoms with Gasteiger partial charge in [-0.1, -0.05) is 6.07 Å². The van der Waals surface area contributed by atoms with E-state index in [4.69, 9.17) is 15.9 Å². The Balaban J connectivity index is 2.96. The number of nitrogen functional groups attached to an aromatic ring is 1. The fourth-order valence-corrected chi connectivity index (χ4v) is 2.38. The summed E-state index contributed by atoms with van der Waals surface area (Å²) in [6.45, 7) is 4.16. The first-order chi connectivity index (χ1) is 8.61. The van der Waals surface area contributed by atoms with Crippen molar-refractivity contribution in [3.8, 4) is 0 Å². The Morgan fingerprint density at radius 3 is 2.78 bits per heavy atom. The van der Waals surface area contributed by atoms with Crippen LogP contribution in [0.3, 0.4) is 0 Å². The molecule has 0 saturated heterocycles. The number of likely N-dealkylation sites (N-methyl/N-ethyl adjacent to an activating group) is 1. The van der Waals surface area contributed by atoms with Gasteiger partial charge in [0.05, 0.1) is 12.2 Å². The summed E-state index contributed by atoms with van der Waals surface area (Å²) in [5, 5.41) is 7.73. The third kappa shape index (κ3) is 3.65. The Hall–Kier alpha value is -1.20. The van der Waals surface area contributed by atoms with E-state index in [1.165, 1.54) is 0 Å². The lowest BCUT2D eigenvalue weighted by Gasteiger charge is -2.23. The van der Waals surface area contributed by atoms with E-state index < -0.39 is 0 Å². The van der Waals surface area contributed by atoms with E-state index in [1.807, 2.05) is 38.4 Å². The Bertz CT molecular complexity index is 409. The van der Waals surface area contributed by atoms with Gasteiger partial charge in [-0.3, -0.25) is 5.41 Å². The van der Waals surface area contributed by atoms with Crippen LogP contribution in [0.5, 0.6) is 0 Å². The van der Waals surface area contributed by atoms with Crippen molar-refractivity contribution < 1.29 is 4.74 Å². The number of hydrogen-bond acceptors (Lipinski definition) is 4. The van der Waals surface area contributed by atoms with Crippen molar-refractivity contribution in [2.75, 3.05) is 38.0 Å². The predicted molar refractivity (Wildman–Crippen MR) is 79.0 cm³/mol. The highest BCUT2D eigenvalue weighted by Crippen LogP contribution is 2.28. The van der Waals surface area contributed by atoms with Crippen molar-refractivity contribution in [3.63, 3.8) is 0 Å². The Labute approximate surface area is 113 Å². The molecule has 1 aromatic carbocycles. The number of nitrogens with two attached hydrogens (primary N) is 1. The van der Waals surface area contributed by atoms with Crippen molar-refractivity contribution >= 4 is 23.3 Å². The molecule has 0 spiro atoms. The zero-order chi connectivity index (χ0) is 13.5. The van der Waals surface area contributed by atoms with E-state index in [2.05, 4.69) is 4.90 Å². The van der Waals surface area contributed by atoms with E-state index in [-0.39, 0.29) is 5.84 Å². The molecule has 5 heteroatoms. The van der Waals surface area contributed by atoms with E-state index >= 15 is 0 Å². The molecular weight excluding hydrogens is 246 g/mol. The molecule has 1 aromatic rings. The van der Waals surface area contributed by atoms with Crippen LogP contribution in [0.4, 0.5) is 5.69 Å². The van der Waals surface area contributed by atoms with Gasteiger partial charge in [0.1, 0.15) is 5.84 Å². The third-order valence-corrected chi connectivity index (χ3v) is 3.46. The van der Waals surface area contributed by atoms with Crippen molar-refractivity contribution in [2.45, 2.75) is 11.8 Å². The normalized spacial score (nSPS) is 10.4. The first kappa shape index (κ1) is 14.9. The summed E-state index contributed by atoms with van der Waals surface area (Å²) < 4.78 is 5.35. The molecule has 0 unspecified atom stereocenters. The monoisotopic (exact) mass is 267 g/mol. The van der Waals surface area contributed by atoms with Crippen molar-refractivity contribution in [1.29, 1.82) is 5.41 Å². The number of nitrogens with one attached hydrogen (secondary N) is 1. The van der Waals surface area contributed by atoms with Gasteiger partial charge in [0.15, 0.2) is 0 Å². The average molecular weight is 267 g/mol. The van der Waals surface area contributed by atoms with E-state index in [0.29, 0.717) is 6.61 Å². The minimum Gasteiger partial charge on any atom is -0.384 e. The summed E-state index contributed by atoms with van der Waals surface area (Å²) >= 11 is 1.60. The number of hydrogen-bond donors (Lipinski definition) is 2. The third-order valence-electron chi connectivity index (χ3n) is 2.68. The van der Waals surface area contributed by atoms with Crippen LogP contribution in [0, 0.1) is 5.41 Å². The molecule has 0 aliphatic heterocycles. The standard InChI is InChI=1S/C13H21N3OS/c1-4-17-9-8-16(2)10-6-5-7-11(18-3)12(10)13(14)15/h5-7H,4,8-9H2,1-3H3,(H3,14,15). The van der Waals surface area contributed by atoms with Gasteiger partial charge in [-0.25, -0.2) is 0 Å². The lowest BCUT2D eigenvalue weighted by Crippen LogP contribution is -2.26. The van der Waals surface area contributed by atoms with Crippen LogP contribution in [0.2, 0.25) is 0 Å². The second-order valence-electron chi connectivity index (χ2n) is 3.89. The van der Waals surface area contributed by atoms with Crippen LogP contribution in [0.15, 0.2) is 23.1 Å². The second kappa shape index (κ2) is 7.28. The summed E-state index contributed by atoms with van der Waals surface area (Å²) in [5.74, 6) is 0.109. The molecule has 0 aliphatic carbocycles. The van der Waals surface area contributed by atoms with Crippen molar-refractivity contribution in [3.05, 3.63) is 23.8 Å². The van der Waals surface area contributed by atoms with Crippen molar-refractivity contribution in [2.24, 2.45) is 5.73 Å². The van der Waals surface area contributed by atoms with Gasteiger partial charge in [-0.05, 0) is 25.3 Å². The molecule has 100 valence electrons. The molecule has 0 atom stereocenters. The summed E-state index contributed by atoms with van der Waals surface area (Å²) in [6.07, 6.45) is 1.99. The van der Waals surface area contributed by atoms with Gasteiger partial charge in [0.2, 0.25) is 0 Å². The fourth-order valence-electron chi connectivity index (χ4n) is 1.74. The molecule has 0 heterocycles. The molecule has 0 radical (unpaired) electrons. The maximum Gasteiger partial charge on any atom is 0.126 e. The van der Waals surface area contributed by atoms with Gasteiger partial charge in [0, 0.05) is 30.8 Å². The molecule has 4 nitrogen and oxygen atoms in total. The summed E-state index contributed by atoms with van der Waals surface area (Å²) in [6, 6.07) is 5.97.